The molecule has 4 rings (SSSR count). The first kappa shape index (κ1) is 18.9. The van der Waals surface area contributed by atoms with Gasteiger partial charge in [-0.2, -0.15) is 0 Å². The number of aryl methyl sites for hydroxylation is 1. The highest BCUT2D eigenvalue weighted by Crippen LogP contribution is 2.43. The maximum atomic E-state index is 13.3. The number of benzene rings is 3. The van der Waals surface area contributed by atoms with Gasteiger partial charge in [-0.25, -0.2) is 0 Å². The Morgan fingerprint density at radius 2 is 1.72 bits per heavy atom. The number of nitro benzene ring substituents is 1. The summed E-state index contributed by atoms with van der Waals surface area (Å²) in [5, 5.41) is 10.9. The van der Waals surface area contributed by atoms with Crippen molar-refractivity contribution in [3.05, 3.63) is 105 Å². The monoisotopic (exact) mass is 386 g/mol. The van der Waals surface area contributed by atoms with E-state index in [1.807, 2.05) is 35.2 Å². The fourth-order valence-corrected chi connectivity index (χ4v) is 4.16. The van der Waals surface area contributed by atoms with Gasteiger partial charge in [0, 0.05) is 35.3 Å². The Hall–Kier alpha value is -3.47. The molecule has 3 aromatic carbocycles. The lowest BCUT2D eigenvalue weighted by Crippen LogP contribution is -2.43. The van der Waals surface area contributed by atoms with Crippen LogP contribution in [-0.4, -0.2) is 16.9 Å². The van der Waals surface area contributed by atoms with Gasteiger partial charge in [0.15, 0.2) is 0 Å². The van der Waals surface area contributed by atoms with Crippen LogP contribution in [0, 0.1) is 17.0 Å². The second-order valence-corrected chi connectivity index (χ2v) is 7.59. The molecule has 0 unspecified atom stereocenters. The number of carbonyl (C=O) groups excluding carboxylic acids is 1. The van der Waals surface area contributed by atoms with Gasteiger partial charge in [-0.1, -0.05) is 48.0 Å². The molecule has 0 radical (unpaired) electrons. The maximum Gasteiger partial charge on any atom is 0.269 e. The standard InChI is InChI=1S/C24H22N2O3/c1-16-8-13-23-22(14-16)21(18-6-4-3-5-7-18)15-17(2)25(23)24(27)19-9-11-20(12-10-19)26(28)29/h3-14,17,21H,15H2,1-2H3/t17-,21-/m0/s1. The number of nitro groups is 1. The lowest BCUT2D eigenvalue weighted by Gasteiger charge is -2.40. The fraction of sp³-hybridized carbons (Fsp3) is 0.208. The Morgan fingerprint density at radius 1 is 1.03 bits per heavy atom. The molecule has 29 heavy (non-hydrogen) atoms. The SMILES string of the molecule is Cc1ccc2c(c1)[C@H](c1ccccc1)C[C@H](C)N2C(=O)c1ccc([N+](=O)[O-])cc1. The topological polar surface area (TPSA) is 63.5 Å². The van der Waals surface area contributed by atoms with E-state index < -0.39 is 4.92 Å². The Balaban J connectivity index is 1.76. The molecular formula is C24H22N2O3. The zero-order chi connectivity index (χ0) is 20.5. The second kappa shape index (κ2) is 7.51. The number of hydrogen-bond donors (Lipinski definition) is 0. The molecule has 146 valence electrons. The zero-order valence-corrected chi connectivity index (χ0v) is 16.4. The van der Waals surface area contributed by atoms with Crippen LogP contribution < -0.4 is 4.90 Å². The fourth-order valence-electron chi connectivity index (χ4n) is 4.16. The summed E-state index contributed by atoms with van der Waals surface area (Å²) in [6.45, 7) is 4.12. The van der Waals surface area contributed by atoms with Gasteiger partial charge in [-0.05, 0) is 49.6 Å². The molecule has 0 spiro atoms. The minimum atomic E-state index is -0.458. The van der Waals surface area contributed by atoms with Gasteiger partial charge >= 0.3 is 0 Å². The lowest BCUT2D eigenvalue weighted by molar-refractivity contribution is -0.384. The van der Waals surface area contributed by atoms with Gasteiger partial charge in [-0.3, -0.25) is 14.9 Å². The van der Waals surface area contributed by atoms with E-state index in [4.69, 9.17) is 0 Å². The van der Waals surface area contributed by atoms with Gasteiger partial charge in [0.2, 0.25) is 0 Å². The lowest BCUT2D eigenvalue weighted by atomic mass is 9.80. The summed E-state index contributed by atoms with van der Waals surface area (Å²) in [6, 6.07) is 22.4. The summed E-state index contributed by atoms with van der Waals surface area (Å²) in [5.74, 6) is 0.0889. The third-order valence-corrected chi connectivity index (χ3v) is 5.58. The van der Waals surface area contributed by atoms with E-state index in [9.17, 15) is 14.9 Å². The molecule has 1 aliphatic rings. The molecule has 0 aliphatic carbocycles. The van der Waals surface area contributed by atoms with Gasteiger partial charge in [0.05, 0.1) is 4.92 Å². The van der Waals surface area contributed by atoms with Crippen molar-refractivity contribution >= 4 is 17.3 Å². The quantitative estimate of drug-likeness (QED) is 0.443. The largest absolute Gasteiger partial charge is 0.305 e. The Morgan fingerprint density at radius 3 is 2.38 bits per heavy atom. The molecule has 0 bridgehead atoms. The van der Waals surface area contributed by atoms with Crippen molar-refractivity contribution in [2.45, 2.75) is 32.2 Å². The van der Waals surface area contributed by atoms with Crippen molar-refractivity contribution in [2.24, 2.45) is 0 Å². The van der Waals surface area contributed by atoms with Crippen molar-refractivity contribution < 1.29 is 9.72 Å². The van der Waals surface area contributed by atoms with E-state index in [1.54, 1.807) is 0 Å². The predicted octanol–water partition coefficient (Wildman–Crippen LogP) is 5.47. The highest BCUT2D eigenvalue weighted by atomic mass is 16.6. The zero-order valence-electron chi connectivity index (χ0n) is 16.4. The van der Waals surface area contributed by atoms with Crippen LogP contribution in [0.4, 0.5) is 11.4 Å². The first-order valence-corrected chi connectivity index (χ1v) is 9.69. The van der Waals surface area contributed by atoms with Crippen LogP contribution in [0.25, 0.3) is 0 Å². The molecule has 5 heteroatoms. The smallest absolute Gasteiger partial charge is 0.269 e. The van der Waals surface area contributed by atoms with Crippen molar-refractivity contribution in [1.29, 1.82) is 0 Å². The average Bonchev–Trinajstić information content (AvgIpc) is 2.73. The molecule has 0 saturated heterocycles. The van der Waals surface area contributed by atoms with Gasteiger partial charge < -0.3 is 4.90 Å². The molecule has 1 amide bonds. The van der Waals surface area contributed by atoms with Crippen LogP contribution in [0.1, 0.15) is 46.3 Å². The minimum Gasteiger partial charge on any atom is -0.305 e. The van der Waals surface area contributed by atoms with Crippen LogP contribution in [0.2, 0.25) is 0 Å². The normalized spacial score (nSPS) is 18.2. The van der Waals surface area contributed by atoms with E-state index in [-0.39, 0.29) is 23.6 Å². The number of anilines is 1. The Kier molecular flexibility index (Phi) is 4.89. The molecule has 0 fully saturated rings. The van der Waals surface area contributed by atoms with Crippen molar-refractivity contribution in [2.75, 3.05) is 4.90 Å². The summed E-state index contributed by atoms with van der Waals surface area (Å²) in [5.41, 5.74) is 4.88. The Bertz CT molecular complexity index is 1060. The van der Waals surface area contributed by atoms with Gasteiger partial charge in [0.1, 0.15) is 0 Å². The van der Waals surface area contributed by atoms with Crippen LogP contribution in [-0.2, 0) is 0 Å². The molecule has 2 atom stereocenters. The average molecular weight is 386 g/mol. The van der Waals surface area contributed by atoms with E-state index in [1.165, 1.54) is 29.8 Å². The number of non-ortho nitro benzene ring substituents is 1. The second-order valence-electron chi connectivity index (χ2n) is 7.59. The molecule has 1 aliphatic heterocycles. The number of amides is 1. The number of carbonyl (C=O) groups is 1. The molecule has 5 nitrogen and oxygen atoms in total. The first-order valence-electron chi connectivity index (χ1n) is 9.69. The van der Waals surface area contributed by atoms with E-state index in [2.05, 4.69) is 32.0 Å². The molecule has 0 saturated carbocycles. The summed E-state index contributed by atoms with van der Waals surface area (Å²) < 4.78 is 0. The first-order chi connectivity index (χ1) is 14.0. The van der Waals surface area contributed by atoms with E-state index in [0.717, 1.165) is 23.2 Å². The van der Waals surface area contributed by atoms with Crippen LogP contribution in [0.5, 0.6) is 0 Å². The number of fused-ring (bicyclic) bond motifs is 1. The summed E-state index contributed by atoms with van der Waals surface area (Å²) in [4.78, 5) is 25.6. The van der Waals surface area contributed by atoms with Crippen molar-refractivity contribution in [1.82, 2.24) is 0 Å². The number of rotatable bonds is 3. The van der Waals surface area contributed by atoms with Crippen molar-refractivity contribution in [3.8, 4) is 0 Å². The molecule has 0 aromatic heterocycles. The van der Waals surface area contributed by atoms with E-state index >= 15 is 0 Å². The summed E-state index contributed by atoms with van der Waals surface area (Å²) in [7, 11) is 0. The van der Waals surface area contributed by atoms with Crippen LogP contribution >= 0.6 is 0 Å². The third-order valence-electron chi connectivity index (χ3n) is 5.58. The molecule has 0 N–H and O–H groups in total. The van der Waals surface area contributed by atoms with E-state index in [0.29, 0.717) is 5.56 Å². The van der Waals surface area contributed by atoms with Crippen LogP contribution in [0.15, 0.2) is 72.8 Å². The van der Waals surface area contributed by atoms with Crippen LogP contribution in [0.3, 0.4) is 0 Å². The Labute approximate surface area is 169 Å². The maximum absolute atomic E-state index is 13.3. The highest BCUT2D eigenvalue weighted by molar-refractivity contribution is 6.07. The number of hydrogen-bond acceptors (Lipinski definition) is 3. The summed E-state index contributed by atoms with van der Waals surface area (Å²) >= 11 is 0. The highest BCUT2D eigenvalue weighted by Gasteiger charge is 2.35. The molecular weight excluding hydrogens is 364 g/mol. The minimum absolute atomic E-state index is 0.00176. The molecule has 1 heterocycles. The molecule has 3 aromatic rings. The number of nitrogens with zero attached hydrogens (tertiary/aromatic N) is 2. The predicted molar refractivity (Wildman–Crippen MR) is 113 cm³/mol. The van der Waals surface area contributed by atoms with Gasteiger partial charge in [0.25, 0.3) is 11.6 Å². The van der Waals surface area contributed by atoms with Crippen molar-refractivity contribution in [3.63, 3.8) is 0 Å². The summed E-state index contributed by atoms with van der Waals surface area (Å²) in [6.07, 6.45) is 0.819. The van der Waals surface area contributed by atoms with Gasteiger partial charge in [-0.15, -0.1) is 0 Å². The third kappa shape index (κ3) is 3.51.